The Morgan fingerprint density at radius 3 is 1.39 bits per heavy atom. The van der Waals surface area contributed by atoms with Crippen molar-refractivity contribution in [2.75, 3.05) is 21.3 Å². The van der Waals surface area contributed by atoms with Crippen LogP contribution in [0.15, 0.2) is 107 Å². The summed E-state index contributed by atoms with van der Waals surface area (Å²) in [6.45, 7) is 10.8. The minimum Gasteiger partial charge on any atom is -0.467 e. The molecule has 0 radical (unpaired) electrons. The van der Waals surface area contributed by atoms with Crippen LogP contribution in [0, 0.1) is 27.7 Å². The van der Waals surface area contributed by atoms with Gasteiger partial charge in [0.25, 0.3) is 0 Å². The van der Waals surface area contributed by atoms with Crippen molar-refractivity contribution in [1.82, 2.24) is 10.6 Å². The number of hydrogen-bond donors (Lipinski definition) is 3. The van der Waals surface area contributed by atoms with Crippen molar-refractivity contribution in [1.29, 1.82) is 0 Å². The summed E-state index contributed by atoms with van der Waals surface area (Å²) in [4.78, 5) is 56.0. The van der Waals surface area contributed by atoms with Gasteiger partial charge < -0.3 is 30.6 Å². The molecule has 0 fully saturated rings. The lowest BCUT2D eigenvalue weighted by Gasteiger charge is -2.15. The molecule has 0 spiro atoms. The molecule has 300 valence electrons. The molecule has 4 aromatic carbocycles. The van der Waals surface area contributed by atoms with Crippen LogP contribution in [0.2, 0.25) is 0 Å². The second kappa shape index (κ2) is 26.3. The first-order chi connectivity index (χ1) is 26.5. The minimum absolute atomic E-state index is 0.129. The average molecular weight is 834 g/mol. The second-order valence-corrected chi connectivity index (χ2v) is 13.7. The van der Waals surface area contributed by atoms with E-state index >= 15 is 0 Å². The number of amides is 2. The maximum atomic E-state index is 11.5. The summed E-state index contributed by atoms with van der Waals surface area (Å²) in [5, 5.41) is 5.02. The van der Waals surface area contributed by atoms with Gasteiger partial charge in [0.05, 0.1) is 21.3 Å². The van der Waals surface area contributed by atoms with Crippen LogP contribution in [0.3, 0.4) is 0 Å². The van der Waals surface area contributed by atoms with E-state index in [0.717, 1.165) is 32.3 Å². The summed E-state index contributed by atoms with van der Waals surface area (Å²) in [6.07, 6.45) is 2.64. The highest BCUT2D eigenvalue weighted by atomic mass is 79.9. The number of aryl methyl sites for hydroxylation is 4. The number of carbonyl (C=O) groups excluding carboxylic acids is 5. The summed E-state index contributed by atoms with van der Waals surface area (Å²) in [5.74, 6) is -1.81. The topological polar surface area (TPSA) is 165 Å². The molecule has 0 heterocycles. The molecule has 2 amide bonds. The molecule has 0 saturated heterocycles. The number of benzene rings is 4. The number of ether oxygens (including phenoxy) is 3. The van der Waals surface area contributed by atoms with Gasteiger partial charge in [0.15, 0.2) is 6.04 Å². The Labute approximate surface area is 339 Å². The molecule has 0 aromatic heterocycles. The van der Waals surface area contributed by atoms with Gasteiger partial charge in [0, 0.05) is 31.2 Å². The maximum Gasteiger partial charge on any atom is 0.364 e. The Bertz CT molecular complexity index is 1840. The lowest BCUT2D eigenvalue weighted by Crippen LogP contribution is -2.66. The van der Waals surface area contributed by atoms with E-state index in [4.69, 9.17) is 0 Å². The molecule has 4 rings (SSSR count). The first-order valence-electron chi connectivity index (χ1n) is 17.7. The first kappa shape index (κ1) is 48.4. The smallest absolute Gasteiger partial charge is 0.364 e. The van der Waals surface area contributed by atoms with Crippen LogP contribution in [0.5, 0.6) is 0 Å². The van der Waals surface area contributed by atoms with Gasteiger partial charge in [-0.3, -0.25) is 9.59 Å². The van der Waals surface area contributed by atoms with E-state index in [1.165, 1.54) is 46.3 Å². The van der Waals surface area contributed by atoms with E-state index in [2.05, 4.69) is 65.6 Å². The number of quaternary nitrogens is 1. The van der Waals surface area contributed by atoms with Gasteiger partial charge >= 0.3 is 17.9 Å². The Morgan fingerprint density at radius 2 is 1.02 bits per heavy atom. The number of esters is 3. The van der Waals surface area contributed by atoms with Gasteiger partial charge in [-0.2, -0.15) is 0 Å². The van der Waals surface area contributed by atoms with E-state index in [1.54, 1.807) is 6.08 Å². The zero-order valence-corrected chi connectivity index (χ0v) is 35.3. The van der Waals surface area contributed by atoms with Crippen molar-refractivity contribution in [3.8, 4) is 0 Å². The number of methoxy groups -OCH3 is 3. The van der Waals surface area contributed by atoms with E-state index in [0.29, 0.717) is 12.8 Å². The van der Waals surface area contributed by atoms with Gasteiger partial charge in [0.2, 0.25) is 11.8 Å². The second-order valence-electron chi connectivity index (χ2n) is 12.8. The lowest BCUT2D eigenvalue weighted by atomic mass is 10.0. The Hall–Kier alpha value is -5.59. The average Bonchev–Trinajstić information content (AvgIpc) is 3.17. The summed E-state index contributed by atoms with van der Waals surface area (Å²) in [5.41, 5.74) is 11.6. The van der Waals surface area contributed by atoms with E-state index in [-0.39, 0.29) is 29.5 Å². The van der Waals surface area contributed by atoms with Crippen LogP contribution >= 0.6 is 15.9 Å². The molecule has 0 saturated carbocycles. The van der Waals surface area contributed by atoms with Crippen LogP contribution in [0.4, 0.5) is 0 Å². The molecule has 4 aromatic rings. The molecule has 56 heavy (non-hydrogen) atoms. The number of nitrogens with one attached hydrogen (secondary N) is 2. The molecule has 12 heteroatoms. The van der Waals surface area contributed by atoms with Gasteiger partial charge in [-0.1, -0.05) is 123 Å². The van der Waals surface area contributed by atoms with Gasteiger partial charge in [0.1, 0.15) is 11.7 Å². The van der Waals surface area contributed by atoms with Crippen LogP contribution < -0.4 is 16.4 Å². The summed E-state index contributed by atoms with van der Waals surface area (Å²) in [6, 6.07) is 30.7. The van der Waals surface area contributed by atoms with Gasteiger partial charge in [-0.05, 0) is 62.6 Å². The van der Waals surface area contributed by atoms with E-state index < -0.39 is 18.0 Å². The SMILES string of the molecule is COC(=O)/C(=C\c1ccc(C)cc1)NC(C)=O.COC(=O)C(Cc1ccc(C)cc1)NC(C)=O.COC(=O)C([NH3+])Cc1ccc(C)cc1.Cc1ccc(Br)cc1. The van der Waals surface area contributed by atoms with E-state index in [1.807, 2.05) is 106 Å². The molecule has 0 bridgehead atoms. The Kier molecular flexibility index (Phi) is 22.7. The van der Waals surface area contributed by atoms with E-state index in [9.17, 15) is 24.0 Å². The van der Waals surface area contributed by atoms with Crippen LogP contribution in [0.1, 0.15) is 52.8 Å². The highest BCUT2D eigenvalue weighted by Gasteiger charge is 2.20. The summed E-state index contributed by atoms with van der Waals surface area (Å²) >= 11 is 3.35. The summed E-state index contributed by atoms with van der Waals surface area (Å²) < 4.78 is 15.0. The van der Waals surface area contributed by atoms with Crippen LogP contribution in [-0.2, 0) is 51.0 Å². The molecule has 2 unspecified atom stereocenters. The highest BCUT2D eigenvalue weighted by molar-refractivity contribution is 9.10. The maximum absolute atomic E-state index is 11.5. The quantitative estimate of drug-likeness (QED) is 0.100. The molecule has 0 aliphatic carbocycles. The molecular weight excluding hydrogens is 778 g/mol. The Balaban J connectivity index is 0.000000384. The number of halogens is 1. The molecule has 0 aliphatic heterocycles. The lowest BCUT2D eigenvalue weighted by molar-refractivity contribution is -0.407. The molecule has 2 atom stereocenters. The third-order valence-corrected chi connectivity index (χ3v) is 8.20. The van der Waals surface area contributed by atoms with Crippen molar-refractivity contribution in [3.05, 3.63) is 146 Å². The monoisotopic (exact) mass is 832 g/mol. The zero-order valence-electron chi connectivity index (χ0n) is 33.7. The number of rotatable bonds is 10. The minimum atomic E-state index is -0.625. The van der Waals surface area contributed by atoms with Crippen molar-refractivity contribution in [3.63, 3.8) is 0 Å². The predicted octanol–water partition coefficient (Wildman–Crippen LogP) is 5.94. The molecule has 5 N–H and O–H groups in total. The van der Waals surface area contributed by atoms with Crippen molar-refractivity contribution >= 4 is 51.7 Å². The summed E-state index contributed by atoms with van der Waals surface area (Å²) in [7, 11) is 3.97. The molecule has 0 aliphatic rings. The van der Waals surface area contributed by atoms with Crippen molar-refractivity contribution in [2.45, 2.75) is 66.5 Å². The van der Waals surface area contributed by atoms with Gasteiger partial charge in [-0.15, -0.1) is 0 Å². The molecule has 11 nitrogen and oxygen atoms in total. The normalized spacial score (nSPS) is 11.2. The van der Waals surface area contributed by atoms with Crippen LogP contribution in [-0.4, -0.2) is 63.1 Å². The highest BCUT2D eigenvalue weighted by Crippen LogP contribution is 2.10. The van der Waals surface area contributed by atoms with Crippen molar-refractivity contribution < 1.29 is 43.9 Å². The molecular formula is C44H55BrN3O8+. The number of hydrogen-bond acceptors (Lipinski definition) is 8. The predicted molar refractivity (Wildman–Crippen MR) is 222 cm³/mol. The first-order valence-corrected chi connectivity index (χ1v) is 18.5. The fraction of sp³-hybridized carbons (Fsp3) is 0.295. The fourth-order valence-corrected chi connectivity index (χ4v) is 4.87. The fourth-order valence-electron chi connectivity index (χ4n) is 4.61. The standard InChI is InChI=1S/C13H17NO3.C13H15NO3.C11H15NO2.C7H7Br/c2*1-9-4-6-11(7-5-9)8-12(13(16)17-3)14-10(2)15;1-8-3-5-9(6-4-8)7-10(12)11(13)14-2;1-6-2-4-7(8)5-3-6/h4-7,12H,8H2,1-3H3,(H,14,15);4-8H,1-3H3,(H,14,15);3-6,10H,7,12H2,1-2H3;2-5H,1H3/p+1/b;12-8+;;. The van der Waals surface area contributed by atoms with Crippen LogP contribution in [0.25, 0.3) is 6.08 Å². The number of carbonyl (C=O) groups is 5. The Morgan fingerprint density at radius 1 is 0.607 bits per heavy atom. The third kappa shape index (κ3) is 20.8. The van der Waals surface area contributed by atoms with Gasteiger partial charge in [-0.25, -0.2) is 14.4 Å². The third-order valence-electron chi connectivity index (χ3n) is 7.68. The zero-order chi connectivity index (χ0) is 42.2. The largest absolute Gasteiger partial charge is 0.467 e. The van der Waals surface area contributed by atoms with Crippen molar-refractivity contribution in [2.24, 2.45) is 0 Å².